The Labute approximate surface area is 106 Å². The van der Waals surface area contributed by atoms with Crippen molar-refractivity contribution in [3.05, 3.63) is 23.8 Å². The van der Waals surface area contributed by atoms with Crippen molar-refractivity contribution in [2.45, 2.75) is 38.5 Å². The molecule has 0 aromatic carbocycles. The van der Waals surface area contributed by atoms with Crippen LogP contribution in [0.4, 0.5) is 0 Å². The number of aromatic nitrogens is 2. The highest BCUT2D eigenvalue weighted by molar-refractivity contribution is 8.14. The zero-order valence-corrected chi connectivity index (χ0v) is 11.1. The summed E-state index contributed by atoms with van der Waals surface area (Å²) in [7, 11) is 0. The topological polar surface area (TPSA) is 50.2 Å². The summed E-state index contributed by atoms with van der Waals surface area (Å²) in [4.78, 5) is 12.9. The van der Waals surface area contributed by atoms with E-state index in [-0.39, 0.29) is 0 Å². The molecule has 2 heterocycles. The second-order valence-corrected chi connectivity index (χ2v) is 5.41. The van der Waals surface area contributed by atoms with Crippen LogP contribution in [0, 0.1) is 6.92 Å². The number of aryl methyl sites for hydroxylation is 1. The van der Waals surface area contributed by atoms with Crippen LogP contribution in [0.5, 0.6) is 0 Å². The third kappa shape index (κ3) is 3.70. The molecule has 1 N–H and O–H groups in total. The summed E-state index contributed by atoms with van der Waals surface area (Å²) in [6, 6.07) is 1.93. The van der Waals surface area contributed by atoms with E-state index < -0.39 is 0 Å². The van der Waals surface area contributed by atoms with Gasteiger partial charge in [-0.1, -0.05) is 25.1 Å². The minimum absolute atomic E-state index is 0.662. The van der Waals surface area contributed by atoms with Crippen molar-refractivity contribution in [2.75, 3.05) is 6.54 Å². The van der Waals surface area contributed by atoms with Gasteiger partial charge in [0.15, 0.2) is 5.17 Å². The predicted molar refractivity (Wildman–Crippen MR) is 72.2 cm³/mol. The molecule has 0 saturated heterocycles. The zero-order valence-electron chi connectivity index (χ0n) is 10.3. The van der Waals surface area contributed by atoms with Crippen molar-refractivity contribution < 1.29 is 0 Å². The van der Waals surface area contributed by atoms with E-state index in [1.54, 1.807) is 6.20 Å². The first kappa shape index (κ1) is 12.4. The maximum Gasteiger partial charge on any atom is 0.157 e. The van der Waals surface area contributed by atoms with Crippen LogP contribution in [0.3, 0.4) is 0 Å². The van der Waals surface area contributed by atoms with Crippen molar-refractivity contribution in [1.29, 1.82) is 0 Å². The van der Waals surface area contributed by atoms with Crippen molar-refractivity contribution >= 4 is 16.9 Å². The Balaban J connectivity index is 1.80. The molecular formula is C12H18N4S. The Bertz CT molecular complexity index is 405. The minimum atomic E-state index is 0.662. The number of nitrogens with one attached hydrogen (secondary N) is 1. The standard InChI is InChI=1S/C12H18N4S/c1-3-4-11-8-15-12(17-11)14-7-10-5-6-13-9(2)16-10/h5-6,11H,3-4,7-8H2,1-2H3,(H,14,15). The number of hydrogen-bond donors (Lipinski definition) is 1. The summed E-state index contributed by atoms with van der Waals surface area (Å²) < 4.78 is 0. The molecule has 5 heteroatoms. The third-order valence-corrected chi connectivity index (χ3v) is 3.80. The van der Waals surface area contributed by atoms with Gasteiger partial charge in [-0.05, 0) is 19.4 Å². The van der Waals surface area contributed by atoms with E-state index in [0.717, 1.165) is 29.8 Å². The number of aliphatic imine (C=N–C) groups is 1. The number of thioether (sulfide) groups is 1. The van der Waals surface area contributed by atoms with Gasteiger partial charge >= 0.3 is 0 Å². The summed E-state index contributed by atoms with van der Waals surface area (Å²) >= 11 is 1.85. The number of hydrogen-bond acceptors (Lipinski definition) is 5. The number of rotatable bonds is 4. The van der Waals surface area contributed by atoms with Gasteiger partial charge in [0, 0.05) is 11.4 Å². The molecular weight excluding hydrogens is 232 g/mol. The fraction of sp³-hybridized carbons (Fsp3) is 0.583. The second-order valence-electron chi connectivity index (χ2n) is 4.12. The van der Waals surface area contributed by atoms with E-state index in [2.05, 4.69) is 27.2 Å². The highest BCUT2D eigenvalue weighted by Gasteiger charge is 2.18. The normalized spacial score (nSPS) is 19.2. The zero-order chi connectivity index (χ0) is 12.1. The summed E-state index contributed by atoms with van der Waals surface area (Å²) in [6.45, 7) is 5.80. The van der Waals surface area contributed by atoms with E-state index in [4.69, 9.17) is 0 Å². The number of nitrogens with zero attached hydrogens (tertiary/aromatic N) is 3. The second kappa shape index (κ2) is 6.00. The first-order chi connectivity index (χ1) is 8.28. The lowest BCUT2D eigenvalue weighted by atomic mass is 10.2. The van der Waals surface area contributed by atoms with Crippen LogP contribution in [-0.2, 0) is 6.54 Å². The summed E-state index contributed by atoms with van der Waals surface area (Å²) in [5.41, 5.74) is 1.01. The SMILES string of the molecule is CCCC1CN=C(NCc2ccnc(C)n2)S1. The average molecular weight is 250 g/mol. The first-order valence-corrected chi connectivity index (χ1v) is 6.89. The van der Waals surface area contributed by atoms with Crippen LogP contribution in [0.2, 0.25) is 0 Å². The molecule has 0 bridgehead atoms. The molecule has 1 aliphatic heterocycles. The van der Waals surface area contributed by atoms with Crippen LogP contribution in [0.1, 0.15) is 31.3 Å². The van der Waals surface area contributed by atoms with Crippen molar-refractivity contribution in [3.8, 4) is 0 Å². The highest BCUT2D eigenvalue weighted by Crippen LogP contribution is 2.23. The molecule has 0 fully saturated rings. The quantitative estimate of drug-likeness (QED) is 0.889. The van der Waals surface area contributed by atoms with Crippen molar-refractivity contribution in [1.82, 2.24) is 15.3 Å². The predicted octanol–water partition coefficient (Wildman–Crippen LogP) is 2.15. The molecule has 17 heavy (non-hydrogen) atoms. The van der Waals surface area contributed by atoms with Gasteiger partial charge < -0.3 is 5.32 Å². The highest BCUT2D eigenvalue weighted by atomic mass is 32.2. The van der Waals surface area contributed by atoms with Gasteiger partial charge in [-0.2, -0.15) is 0 Å². The Kier molecular flexibility index (Phi) is 4.36. The lowest BCUT2D eigenvalue weighted by molar-refractivity contribution is 0.753. The summed E-state index contributed by atoms with van der Waals surface area (Å²) in [5, 5.41) is 5.05. The molecule has 1 aromatic heterocycles. The molecule has 1 aliphatic rings. The van der Waals surface area contributed by atoms with E-state index in [0.29, 0.717) is 5.25 Å². The van der Waals surface area contributed by atoms with Gasteiger partial charge in [0.1, 0.15) is 5.82 Å². The van der Waals surface area contributed by atoms with Crippen molar-refractivity contribution in [2.24, 2.45) is 4.99 Å². The van der Waals surface area contributed by atoms with E-state index >= 15 is 0 Å². The molecule has 0 aliphatic carbocycles. The summed E-state index contributed by atoms with van der Waals surface area (Å²) in [5.74, 6) is 0.814. The van der Waals surface area contributed by atoms with Gasteiger partial charge in [0.2, 0.25) is 0 Å². The Morgan fingerprint density at radius 3 is 3.18 bits per heavy atom. The molecule has 0 saturated carbocycles. The Morgan fingerprint density at radius 1 is 1.53 bits per heavy atom. The van der Waals surface area contributed by atoms with E-state index in [1.807, 2.05) is 24.8 Å². The van der Waals surface area contributed by atoms with Gasteiger partial charge in [-0.15, -0.1) is 0 Å². The summed E-state index contributed by atoms with van der Waals surface area (Å²) in [6.07, 6.45) is 4.26. The number of amidine groups is 1. The van der Waals surface area contributed by atoms with Crippen molar-refractivity contribution in [3.63, 3.8) is 0 Å². The van der Waals surface area contributed by atoms with Gasteiger partial charge in [0.05, 0.1) is 18.8 Å². The largest absolute Gasteiger partial charge is 0.359 e. The van der Waals surface area contributed by atoms with E-state index in [1.165, 1.54) is 12.8 Å². The fourth-order valence-corrected chi connectivity index (χ4v) is 2.88. The lowest BCUT2D eigenvalue weighted by Crippen LogP contribution is -2.19. The van der Waals surface area contributed by atoms with Gasteiger partial charge in [-0.3, -0.25) is 4.99 Å². The molecule has 0 spiro atoms. The molecule has 4 nitrogen and oxygen atoms in total. The molecule has 1 atom stereocenters. The van der Waals surface area contributed by atoms with Gasteiger partial charge in [0.25, 0.3) is 0 Å². The monoisotopic (exact) mass is 250 g/mol. The van der Waals surface area contributed by atoms with Crippen LogP contribution in [0.25, 0.3) is 0 Å². The Morgan fingerprint density at radius 2 is 2.41 bits per heavy atom. The van der Waals surface area contributed by atoms with Crippen LogP contribution in [-0.4, -0.2) is 26.9 Å². The average Bonchev–Trinajstić information content (AvgIpc) is 2.75. The van der Waals surface area contributed by atoms with Gasteiger partial charge in [-0.25, -0.2) is 9.97 Å². The first-order valence-electron chi connectivity index (χ1n) is 6.01. The molecule has 92 valence electrons. The minimum Gasteiger partial charge on any atom is -0.359 e. The smallest absolute Gasteiger partial charge is 0.157 e. The molecule has 2 rings (SSSR count). The fourth-order valence-electron chi connectivity index (χ4n) is 1.76. The molecule has 1 aromatic rings. The molecule has 0 radical (unpaired) electrons. The lowest BCUT2D eigenvalue weighted by Gasteiger charge is -2.07. The molecule has 1 unspecified atom stereocenters. The van der Waals surface area contributed by atoms with E-state index in [9.17, 15) is 0 Å². The maximum absolute atomic E-state index is 4.50. The van der Waals surface area contributed by atoms with Crippen LogP contribution in [0.15, 0.2) is 17.3 Å². The van der Waals surface area contributed by atoms with Crippen LogP contribution >= 0.6 is 11.8 Å². The third-order valence-electron chi connectivity index (χ3n) is 2.58. The van der Waals surface area contributed by atoms with Crippen LogP contribution < -0.4 is 5.32 Å². The Hall–Kier alpha value is -1.10. The maximum atomic E-state index is 4.50. The molecule has 0 amide bonds.